The summed E-state index contributed by atoms with van der Waals surface area (Å²) >= 11 is 1.84. The number of rotatable bonds is 4. The molecule has 0 fully saturated rings. The lowest BCUT2D eigenvalue weighted by Crippen LogP contribution is -2.11. The normalized spacial score (nSPS) is 12.2. The Kier molecular flexibility index (Phi) is 4.51. The van der Waals surface area contributed by atoms with Crippen LogP contribution >= 0.6 is 11.8 Å². The molecular formula is C12H16N2S. The molecule has 0 saturated carbocycles. The fraction of sp³-hybridized carbons (Fsp3) is 0.417. The number of benzene rings is 1. The quantitative estimate of drug-likeness (QED) is 0.789. The van der Waals surface area contributed by atoms with E-state index in [0.717, 1.165) is 5.69 Å². The van der Waals surface area contributed by atoms with Gasteiger partial charge in [-0.05, 0) is 31.2 Å². The maximum absolute atomic E-state index is 8.65. The standard InChI is InChI=1S/C12H16N2S/c1-9(2)15-12-6-4-11(5-7-12)14-10(3)8-13/h4-7,9-10,14H,1-3H3. The molecule has 1 atom stereocenters. The predicted molar refractivity (Wildman–Crippen MR) is 66.1 cm³/mol. The number of nitriles is 1. The maximum Gasteiger partial charge on any atom is 0.111 e. The summed E-state index contributed by atoms with van der Waals surface area (Å²) in [5.41, 5.74) is 0.997. The lowest BCUT2D eigenvalue weighted by atomic mass is 10.3. The van der Waals surface area contributed by atoms with Gasteiger partial charge in [-0.2, -0.15) is 5.26 Å². The summed E-state index contributed by atoms with van der Waals surface area (Å²) in [4.78, 5) is 1.26. The predicted octanol–water partition coefficient (Wildman–Crippen LogP) is 3.51. The van der Waals surface area contributed by atoms with E-state index in [1.807, 2.05) is 30.8 Å². The molecule has 0 radical (unpaired) electrons. The van der Waals surface area contributed by atoms with E-state index in [-0.39, 0.29) is 6.04 Å². The second kappa shape index (κ2) is 5.67. The van der Waals surface area contributed by atoms with Gasteiger partial charge in [0.25, 0.3) is 0 Å². The summed E-state index contributed by atoms with van der Waals surface area (Å²) in [5.74, 6) is 0. The first-order valence-corrected chi connectivity index (χ1v) is 5.92. The van der Waals surface area contributed by atoms with Crippen molar-refractivity contribution < 1.29 is 0 Å². The van der Waals surface area contributed by atoms with Gasteiger partial charge in [0.2, 0.25) is 0 Å². The highest BCUT2D eigenvalue weighted by atomic mass is 32.2. The summed E-state index contributed by atoms with van der Waals surface area (Å²) < 4.78 is 0. The zero-order valence-electron chi connectivity index (χ0n) is 9.32. The van der Waals surface area contributed by atoms with Crippen molar-refractivity contribution in [3.63, 3.8) is 0 Å². The average molecular weight is 220 g/mol. The van der Waals surface area contributed by atoms with Crippen LogP contribution in [0.1, 0.15) is 20.8 Å². The third-order valence-corrected chi connectivity index (χ3v) is 2.82. The SMILES string of the molecule is CC(C#N)Nc1ccc(SC(C)C)cc1. The first-order valence-electron chi connectivity index (χ1n) is 5.04. The van der Waals surface area contributed by atoms with Gasteiger partial charge < -0.3 is 5.32 Å². The van der Waals surface area contributed by atoms with Crippen LogP contribution in [0.2, 0.25) is 0 Å². The van der Waals surface area contributed by atoms with Gasteiger partial charge in [0.05, 0.1) is 6.07 Å². The van der Waals surface area contributed by atoms with Crippen LogP contribution in [0.4, 0.5) is 5.69 Å². The van der Waals surface area contributed by atoms with Crippen LogP contribution in [-0.2, 0) is 0 Å². The lowest BCUT2D eigenvalue weighted by Gasteiger charge is -2.09. The van der Waals surface area contributed by atoms with Crippen LogP contribution in [0.3, 0.4) is 0 Å². The van der Waals surface area contributed by atoms with Crippen LogP contribution in [0, 0.1) is 11.3 Å². The molecule has 0 heterocycles. The summed E-state index contributed by atoms with van der Waals surface area (Å²) in [7, 11) is 0. The minimum atomic E-state index is -0.145. The van der Waals surface area contributed by atoms with Crippen molar-refractivity contribution in [3.8, 4) is 6.07 Å². The number of hydrogen-bond donors (Lipinski definition) is 1. The number of hydrogen-bond acceptors (Lipinski definition) is 3. The van der Waals surface area contributed by atoms with Crippen LogP contribution in [0.15, 0.2) is 29.2 Å². The Morgan fingerprint density at radius 3 is 2.27 bits per heavy atom. The molecule has 0 aliphatic heterocycles. The van der Waals surface area contributed by atoms with Crippen LogP contribution in [-0.4, -0.2) is 11.3 Å². The van der Waals surface area contributed by atoms with Crippen molar-refractivity contribution in [1.82, 2.24) is 0 Å². The highest BCUT2D eigenvalue weighted by Gasteiger charge is 2.00. The van der Waals surface area contributed by atoms with E-state index in [1.54, 1.807) is 0 Å². The summed E-state index contributed by atoms with van der Waals surface area (Å²) in [6.07, 6.45) is 0. The third-order valence-electron chi connectivity index (χ3n) is 1.80. The summed E-state index contributed by atoms with van der Waals surface area (Å²) in [5, 5.41) is 12.4. The molecule has 15 heavy (non-hydrogen) atoms. The zero-order valence-corrected chi connectivity index (χ0v) is 10.1. The second-order valence-electron chi connectivity index (χ2n) is 3.69. The van der Waals surface area contributed by atoms with E-state index >= 15 is 0 Å². The number of thioether (sulfide) groups is 1. The Bertz CT molecular complexity index is 338. The molecule has 0 aliphatic rings. The molecule has 0 spiro atoms. The molecular weight excluding hydrogens is 204 g/mol. The largest absolute Gasteiger partial charge is 0.370 e. The van der Waals surface area contributed by atoms with Crippen molar-refractivity contribution in [2.45, 2.75) is 37.0 Å². The Morgan fingerprint density at radius 1 is 1.20 bits per heavy atom. The molecule has 1 N–H and O–H groups in total. The molecule has 1 rings (SSSR count). The van der Waals surface area contributed by atoms with Crippen LogP contribution in [0.5, 0.6) is 0 Å². The van der Waals surface area contributed by atoms with E-state index in [1.165, 1.54) is 4.90 Å². The van der Waals surface area contributed by atoms with Crippen LogP contribution in [0.25, 0.3) is 0 Å². The van der Waals surface area contributed by atoms with Gasteiger partial charge in [0, 0.05) is 15.8 Å². The van der Waals surface area contributed by atoms with Crippen molar-refractivity contribution in [2.75, 3.05) is 5.32 Å². The molecule has 0 bridgehead atoms. The molecule has 1 unspecified atom stereocenters. The Hall–Kier alpha value is -1.14. The summed E-state index contributed by atoms with van der Waals surface area (Å²) in [6, 6.07) is 10.2. The fourth-order valence-corrected chi connectivity index (χ4v) is 2.02. The lowest BCUT2D eigenvalue weighted by molar-refractivity contribution is 1.01. The van der Waals surface area contributed by atoms with Gasteiger partial charge in [0.1, 0.15) is 6.04 Å². The van der Waals surface area contributed by atoms with Gasteiger partial charge >= 0.3 is 0 Å². The van der Waals surface area contributed by atoms with E-state index in [0.29, 0.717) is 5.25 Å². The molecule has 0 amide bonds. The molecule has 0 saturated heterocycles. The van der Waals surface area contributed by atoms with Crippen molar-refractivity contribution in [3.05, 3.63) is 24.3 Å². The highest BCUT2D eigenvalue weighted by molar-refractivity contribution is 7.99. The second-order valence-corrected chi connectivity index (χ2v) is 5.34. The topological polar surface area (TPSA) is 35.8 Å². The number of nitrogens with zero attached hydrogens (tertiary/aromatic N) is 1. The molecule has 0 aliphatic carbocycles. The minimum Gasteiger partial charge on any atom is -0.370 e. The first-order chi connectivity index (χ1) is 7.11. The Morgan fingerprint density at radius 2 is 1.80 bits per heavy atom. The van der Waals surface area contributed by atoms with Crippen molar-refractivity contribution in [1.29, 1.82) is 5.26 Å². The molecule has 1 aromatic rings. The molecule has 1 aromatic carbocycles. The molecule has 2 nitrogen and oxygen atoms in total. The van der Waals surface area contributed by atoms with Crippen LogP contribution < -0.4 is 5.32 Å². The first kappa shape index (κ1) is 11.9. The van der Waals surface area contributed by atoms with Gasteiger partial charge in [-0.25, -0.2) is 0 Å². The molecule has 80 valence electrons. The number of nitrogens with one attached hydrogen (secondary N) is 1. The molecule has 3 heteroatoms. The van der Waals surface area contributed by atoms with Gasteiger partial charge in [-0.1, -0.05) is 13.8 Å². The number of anilines is 1. The van der Waals surface area contributed by atoms with Gasteiger partial charge in [0.15, 0.2) is 0 Å². The molecule has 0 aromatic heterocycles. The minimum absolute atomic E-state index is 0.145. The average Bonchev–Trinajstić information content (AvgIpc) is 2.20. The van der Waals surface area contributed by atoms with E-state index in [9.17, 15) is 0 Å². The Labute approximate surface area is 95.7 Å². The van der Waals surface area contributed by atoms with E-state index in [4.69, 9.17) is 5.26 Å². The van der Waals surface area contributed by atoms with E-state index in [2.05, 4.69) is 37.4 Å². The van der Waals surface area contributed by atoms with E-state index < -0.39 is 0 Å². The van der Waals surface area contributed by atoms with Gasteiger partial charge in [-0.3, -0.25) is 0 Å². The van der Waals surface area contributed by atoms with Gasteiger partial charge in [-0.15, -0.1) is 11.8 Å². The monoisotopic (exact) mass is 220 g/mol. The fourth-order valence-electron chi connectivity index (χ4n) is 1.18. The third kappa shape index (κ3) is 4.26. The summed E-state index contributed by atoms with van der Waals surface area (Å²) in [6.45, 7) is 6.19. The maximum atomic E-state index is 8.65. The van der Waals surface area contributed by atoms with Crippen molar-refractivity contribution in [2.24, 2.45) is 0 Å². The Balaban J connectivity index is 2.61. The highest BCUT2D eigenvalue weighted by Crippen LogP contribution is 2.24. The zero-order chi connectivity index (χ0) is 11.3. The smallest absolute Gasteiger partial charge is 0.111 e. The van der Waals surface area contributed by atoms with Crippen molar-refractivity contribution >= 4 is 17.4 Å².